The van der Waals surface area contributed by atoms with Gasteiger partial charge in [0.2, 0.25) is 0 Å². The van der Waals surface area contributed by atoms with Crippen molar-refractivity contribution >= 4 is 23.4 Å². The van der Waals surface area contributed by atoms with Crippen LogP contribution in [0.4, 0.5) is 0 Å². The summed E-state index contributed by atoms with van der Waals surface area (Å²) in [6.45, 7) is 1.61. The van der Waals surface area contributed by atoms with Gasteiger partial charge in [-0.05, 0) is 42.8 Å². The molecule has 0 saturated heterocycles. The van der Waals surface area contributed by atoms with Crippen LogP contribution >= 0.6 is 11.6 Å². The van der Waals surface area contributed by atoms with E-state index >= 15 is 0 Å². The number of methoxy groups -OCH3 is 1. The van der Waals surface area contributed by atoms with Gasteiger partial charge in [0.25, 0.3) is 5.56 Å². The lowest BCUT2D eigenvalue weighted by molar-refractivity contribution is -0.121. The zero-order chi connectivity index (χ0) is 23.4. The molecule has 3 aromatic rings. The Morgan fingerprint density at radius 2 is 1.84 bits per heavy atom. The number of Topliss-reactive ketones (excluding diaryl/α,β-unsaturated/α-hetero) is 1. The van der Waals surface area contributed by atoms with E-state index in [-0.39, 0.29) is 17.8 Å². The number of nitrogens with zero attached hydrogens (tertiary/aromatic N) is 2. The van der Waals surface area contributed by atoms with Crippen LogP contribution < -0.4 is 10.3 Å². The summed E-state index contributed by atoms with van der Waals surface area (Å²) < 4.78 is 6.71. The largest absolute Gasteiger partial charge is 0.495 e. The fraction of sp³-hybridized carbons (Fsp3) is 0.167. The summed E-state index contributed by atoms with van der Waals surface area (Å²) in [6, 6.07) is 13.3. The number of aromatic nitrogens is 1. The minimum atomic E-state index is -1.05. The number of pyridine rings is 1. The van der Waals surface area contributed by atoms with E-state index in [0.717, 1.165) is 0 Å². The molecule has 8 heteroatoms. The van der Waals surface area contributed by atoms with Gasteiger partial charge in [0.05, 0.1) is 36.5 Å². The number of carboxylic acids is 1. The predicted molar refractivity (Wildman–Crippen MR) is 119 cm³/mol. The molecule has 1 unspecified atom stereocenters. The lowest BCUT2D eigenvalue weighted by Crippen LogP contribution is -2.28. The highest BCUT2D eigenvalue weighted by Crippen LogP contribution is 2.33. The van der Waals surface area contributed by atoms with E-state index in [2.05, 4.69) is 6.07 Å². The highest BCUT2D eigenvalue weighted by molar-refractivity contribution is 6.31. The van der Waals surface area contributed by atoms with Crippen LogP contribution in [0.25, 0.3) is 11.1 Å². The van der Waals surface area contributed by atoms with E-state index in [0.29, 0.717) is 33.0 Å². The molecule has 0 fully saturated rings. The van der Waals surface area contributed by atoms with Crippen molar-refractivity contribution < 1.29 is 19.4 Å². The molecule has 1 atom stereocenters. The second-order valence-corrected chi connectivity index (χ2v) is 7.56. The summed E-state index contributed by atoms with van der Waals surface area (Å²) in [6.07, 6.45) is 1.47. The van der Waals surface area contributed by atoms with Gasteiger partial charge in [0.1, 0.15) is 5.75 Å². The SMILES string of the molecule is COc1cn(C(C)C(=O)Cc2ccc(C(=O)O)cc2)c(=O)cc1-c1cc(Cl)ccc1C#N. The molecule has 0 amide bonds. The van der Waals surface area contributed by atoms with Gasteiger partial charge in [0.15, 0.2) is 5.78 Å². The molecule has 162 valence electrons. The normalized spacial score (nSPS) is 11.4. The summed E-state index contributed by atoms with van der Waals surface area (Å²) in [4.78, 5) is 36.6. The summed E-state index contributed by atoms with van der Waals surface area (Å²) in [7, 11) is 1.43. The molecule has 0 aliphatic heterocycles. The molecule has 0 spiro atoms. The minimum absolute atomic E-state index is 0.0322. The lowest BCUT2D eigenvalue weighted by Gasteiger charge is -2.18. The fourth-order valence-corrected chi connectivity index (χ4v) is 3.48. The lowest BCUT2D eigenvalue weighted by atomic mass is 9.99. The quantitative estimate of drug-likeness (QED) is 0.579. The standard InChI is InChI=1S/C24H19ClN2O5/c1-14(21(28)9-15-3-5-16(6-4-15)24(30)31)27-13-22(32-2)20(11-23(27)29)19-10-18(25)8-7-17(19)12-26/h3-8,10-11,13-14H,9H2,1-2H3,(H,30,31). The van der Waals surface area contributed by atoms with E-state index in [1.165, 1.54) is 36.1 Å². The molecule has 0 aliphatic rings. The molecule has 0 saturated carbocycles. The summed E-state index contributed by atoms with van der Waals surface area (Å²) >= 11 is 6.08. The van der Waals surface area contributed by atoms with Crippen LogP contribution in [0.15, 0.2) is 59.5 Å². The van der Waals surface area contributed by atoms with Crippen LogP contribution in [-0.2, 0) is 11.2 Å². The number of aromatic carboxylic acids is 1. The topological polar surface area (TPSA) is 109 Å². The molecule has 2 aromatic carbocycles. The summed E-state index contributed by atoms with van der Waals surface area (Å²) in [5.74, 6) is -0.964. The number of halogens is 1. The van der Waals surface area contributed by atoms with Crippen LogP contribution in [-0.4, -0.2) is 28.5 Å². The first-order valence-corrected chi connectivity index (χ1v) is 9.98. The maximum absolute atomic E-state index is 12.9. The predicted octanol–water partition coefficient (Wildman–Crippen LogP) is 4.12. The number of carbonyl (C=O) groups is 2. The summed E-state index contributed by atoms with van der Waals surface area (Å²) in [5.41, 5.74) is 1.52. The van der Waals surface area contributed by atoms with Gasteiger partial charge >= 0.3 is 5.97 Å². The third kappa shape index (κ3) is 4.71. The molecular formula is C24H19ClN2O5. The molecule has 3 rings (SSSR count). The van der Waals surface area contributed by atoms with Gasteiger partial charge in [-0.1, -0.05) is 23.7 Å². The molecule has 1 heterocycles. The maximum Gasteiger partial charge on any atom is 0.335 e. The average molecular weight is 451 g/mol. The van der Waals surface area contributed by atoms with Gasteiger partial charge < -0.3 is 14.4 Å². The number of ether oxygens (including phenoxy) is 1. The number of hydrogen-bond acceptors (Lipinski definition) is 5. The number of benzene rings is 2. The Balaban J connectivity index is 1.94. The van der Waals surface area contributed by atoms with Crippen molar-refractivity contribution in [2.75, 3.05) is 7.11 Å². The molecule has 1 N–H and O–H groups in total. The number of rotatable bonds is 7. The van der Waals surface area contributed by atoms with Gasteiger partial charge in [-0.15, -0.1) is 0 Å². The van der Waals surface area contributed by atoms with Crippen molar-refractivity contribution in [3.8, 4) is 22.9 Å². The number of ketones is 1. The van der Waals surface area contributed by atoms with E-state index in [9.17, 15) is 19.6 Å². The molecule has 1 aromatic heterocycles. The Morgan fingerprint density at radius 1 is 1.16 bits per heavy atom. The smallest absolute Gasteiger partial charge is 0.335 e. The molecule has 0 bridgehead atoms. The number of carbonyl (C=O) groups excluding carboxylic acids is 1. The van der Waals surface area contributed by atoms with Crippen LogP contribution in [0.2, 0.25) is 5.02 Å². The molecule has 0 radical (unpaired) electrons. The molecular weight excluding hydrogens is 432 g/mol. The summed E-state index contributed by atoms with van der Waals surface area (Å²) in [5, 5.41) is 18.8. The van der Waals surface area contributed by atoms with Crippen molar-refractivity contribution in [2.24, 2.45) is 0 Å². The molecule has 32 heavy (non-hydrogen) atoms. The first kappa shape index (κ1) is 22.8. The van der Waals surface area contributed by atoms with Crippen LogP contribution in [0, 0.1) is 11.3 Å². The van der Waals surface area contributed by atoms with Crippen LogP contribution in [0.5, 0.6) is 5.75 Å². The third-order valence-electron chi connectivity index (χ3n) is 5.12. The zero-order valence-corrected chi connectivity index (χ0v) is 18.1. The Kier molecular flexibility index (Phi) is 6.76. The number of carboxylic acid groups (broad SMARTS) is 1. The van der Waals surface area contributed by atoms with Crippen molar-refractivity contribution in [1.82, 2.24) is 4.57 Å². The van der Waals surface area contributed by atoms with E-state index in [1.54, 1.807) is 37.3 Å². The average Bonchev–Trinajstić information content (AvgIpc) is 2.78. The Morgan fingerprint density at radius 3 is 2.44 bits per heavy atom. The first-order chi connectivity index (χ1) is 15.2. The third-order valence-corrected chi connectivity index (χ3v) is 5.35. The van der Waals surface area contributed by atoms with E-state index < -0.39 is 17.6 Å². The van der Waals surface area contributed by atoms with Gasteiger partial charge in [0, 0.05) is 28.6 Å². The monoisotopic (exact) mass is 450 g/mol. The van der Waals surface area contributed by atoms with E-state index in [1.807, 2.05) is 0 Å². The highest BCUT2D eigenvalue weighted by Gasteiger charge is 2.20. The van der Waals surface area contributed by atoms with Crippen molar-refractivity contribution in [3.63, 3.8) is 0 Å². The zero-order valence-electron chi connectivity index (χ0n) is 17.3. The first-order valence-electron chi connectivity index (χ1n) is 9.60. The maximum atomic E-state index is 12.9. The number of nitriles is 1. The van der Waals surface area contributed by atoms with Crippen molar-refractivity contribution in [1.29, 1.82) is 5.26 Å². The second kappa shape index (κ2) is 9.50. The Hall–Kier alpha value is -3.89. The van der Waals surface area contributed by atoms with Gasteiger partial charge in [-0.3, -0.25) is 9.59 Å². The highest BCUT2D eigenvalue weighted by atomic mass is 35.5. The second-order valence-electron chi connectivity index (χ2n) is 7.12. The Bertz CT molecular complexity index is 1290. The van der Waals surface area contributed by atoms with Crippen LogP contribution in [0.3, 0.4) is 0 Å². The van der Waals surface area contributed by atoms with Gasteiger partial charge in [-0.25, -0.2) is 4.79 Å². The van der Waals surface area contributed by atoms with Crippen molar-refractivity contribution in [3.05, 3.63) is 86.8 Å². The Labute approximate surface area is 189 Å². The molecule has 0 aliphatic carbocycles. The minimum Gasteiger partial charge on any atom is -0.495 e. The van der Waals surface area contributed by atoms with Gasteiger partial charge in [-0.2, -0.15) is 5.26 Å². The van der Waals surface area contributed by atoms with E-state index in [4.69, 9.17) is 21.4 Å². The van der Waals surface area contributed by atoms with Crippen molar-refractivity contribution in [2.45, 2.75) is 19.4 Å². The van der Waals surface area contributed by atoms with Crippen LogP contribution in [0.1, 0.15) is 34.5 Å². The molecule has 7 nitrogen and oxygen atoms in total. The number of hydrogen-bond donors (Lipinski definition) is 1. The fourth-order valence-electron chi connectivity index (χ4n) is 3.31.